The molecule has 0 fully saturated rings. The second kappa shape index (κ2) is 4.83. The fraction of sp³-hybridized carbons (Fsp3) is 0. The van der Waals surface area contributed by atoms with Crippen molar-refractivity contribution in [2.24, 2.45) is 0 Å². The summed E-state index contributed by atoms with van der Waals surface area (Å²) in [7, 11) is 0. The van der Waals surface area contributed by atoms with E-state index in [0.29, 0.717) is 0 Å². The van der Waals surface area contributed by atoms with Crippen molar-refractivity contribution in [2.75, 3.05) is 0 Å². The maximum Gasteiger partial charge on any atom is 0.0417 e. The Morgan fingerprint density at radius 2 is 1.62 bits per heavy atom. The van der Waals surface area contributed by atoms with Gasteiger partial charge in [-0.1, -0.05) is 6.07 Å². The van der Waals surface area contributed by atoms with E-state index >= 15 is 0 Å². The first-order valence-electron chi connectivity index (χ1n) is 3.47. The highest BCUT2D eigenvalue weighted by molar-refractivity contribution is 6.30. The summed E-state index contributed by atoms with van der Waals surface area (Å²) in [6, 6.07) is 5.47. The van der Waals surface area contributed by atoms with Gasteiger partial charge in [0.15, 0.2) is 0 Å². The SMILES string of the molecule is [CH2]c1ccc(C#CCl)c(C#CCl)c1. The second-order valence-corrected chi connectivity index (χ2v) is 2.70. The average Bonchev–Trinajstić information content (AvgIpc) is 2.10. The van der Waals surface area contributed by atoms with Gasteiger partial charge in [-0.3, -0.25) is 0 Å². The van der Waals surface area contributed by atoms with Crippen LogP contribution in [0.5, 0.6) is 0 Å². The molecule has 0 unspecified atom stereocenters. The standard InChI is InChI=1S/C11H5Cl2/c1-9-2-3-10(4-6-12)11(8-9)5-7-13/h2-3,8H,1H2. The van der Waals surface area contributed by atoms with Crippen LogP contribution in [0.4, 0.5) is 0 Å². The summed E-state index contributed by atoms with van der Waals surface area (Å²) in [6.07, 6.45) is 0. The normalized spacial score (nSPS) is 7.92. The Hall–Kier alpha value is -1.08. The molecule has 1 aromatic carbocycles. The first-order valence-corrected chi connectivity index (χ1v) is 4.23. The van der Waals surface area contributed by atoms with E-state index in [1.807, 2.05) is 18.2 Å². The smallest absolute Gasteiger partial charge is 0.0417 e. The second-order valence-electron chi connectivity index (χ2n) is 2.32. The highest BCUT2D eigenvalue weighted by atomic mass is 35.5. The highest BCUT2D eigenvalue weighted by Gasteiger charge is 1.96. The topological polar surface area (TPSA) is 0 Å². The Bertz CT molecular complexity index is 425. The summed E-state index contributed by atoms with van der Waals surface area (Å²) >= 11 is 10.6. The molecule has 0 atom stereocenters. The van der Waals surface area contributed by atoms with Crippen LogP contribution in [0, 0.1) is 29.5 Å². The van der Waals surface area contributed by atoms with E-state index in [1.165, 1.54) is 0 Å². The van der Waals surface area contributed by atoms with Crippen molar-refractivity contribution < 1.29 is 0 Å². The lowest BCUT2D eigenvalue weighted by Crippen LogP contribution is -1.84. The van der Waals surface area contributed by atoms with Crippen molar-refractivity contribution in [1.29, 1.82) is 0 Å². The molecule has 0 saturated carbocycles. The predicted octanol–water partition coefficient (Wildman–Crippen LogP) is 2.96. The minimum absolute atomic E-state index is 0.746. The summed E-state index contributed by atoms with van der Waals surface area (Å²) in [5.74, 6) is 5.43. The lowest BCUT2D eigenvalue weighted by atomic mass is 10.1. The Balaban J connectivity index is 3.29. The van der Waals surface area contributed by atoms with Gasteiger partial charge in [0.05, 0.1) is 0 Å². The van der Waals surface area contributed by atoms with Gasteiger partial charge in [-0.2, -0.15) is 0 Å². The highest BCUT2D eigenvalue weighted by Crippen LogP contribution is 2.09. The van der Waals surface area contributed by atoms with E-state index in [-0.39, 0.29) is 0 Å². The molecule has 13 heavy (non-hydrogen) atoms. The van der Waals surface area contributed by atoms with Gasteiger partial charge in [0.1, 0.15) is 0 Å². The molecule has 0 N–H and O–H groups in total. The molecule has 0 nitrogen and oxygen atoms in total. The number of rotatable bonds is 0. The molecule has 63 valence electrons. The van der Waals surface area contributed by atoms with Crippen molar-refractivity contribution in [1.82, 2.24) is 0 Å². The Morgan fingerprint density at radius 3 is 2.23 bits per heavy atom. The van der Waals surface area contributed by atoms with Crippen molar-refractivity contribution >= 4 is 23.2 Å². The summed E-state index contributed by atoms with van der Waals surface area (Å²) < 4.78 is 0. The van der Waals surface area contributed by atoms with Crippen LogP contribution in [-0.2, 0) is 0 Å². The maximum atomic E-state index is 5.30. The molecule has 0 spiro atoms. The van der Waals surface area contributed by atoms with Crippen LogP contribution in [-0.4, -0.2) is 0 Å². The molecule has 0 aliphatic carbocycles. The third-order valence-electron chi connectivity index (χ3n) is 1.45. The van der Waals surface area contributed by atoms with E-state index < -0.39 is 0 Å². The minimum Gasteiger partial charge on any atom is -0.0577 e. The third-order valence-corrected chi connectivity index (χ3v) is 1.64. The van der Waals surface area contributed by atoms with Crippen LogP contribution < -0.4 is 0 Å². The molecule has 1 rings (SSSR count). The summed E-state index contributed by atoms with van der Waals surface area (Å²) in [4.78, 5) is 0. The number of hydrogen-bond donors (Lipinski definition) is 0. The van der Waals surface area contributed by atoms with E-state index in [4.69, 9.17) is 23.2 Å². The fourth-order valence-electron chi connectivity index (χ4n) is 0.906. The quantitative estimate of drug-likeness (QED) is 0.575. The monoisotopic (exact) mass is 207 g/mol. The predicted molar refractivity (Wildman–Crippen MR) is 56.4 cm³/mol. The van der Waals surface area contributed by atoms with Gasteiger partial charge < -0.3 is 0 Å². The lowest BCUT2D eigenvalue weighted by Gasteiger charge is -1.97. The zero-order chi connectivity index (χ0) is 9.68. The van der Waals surface area contributed by atoms with Crippen molar-refractivity contribution in [3.8, 4) is 22.6 Å². The van der Waals surface area contributed by atoms with Gasteiger partial charge in [-0.05, 0) is 59.7 Å². The Kier molecular flexibility index (Phi) is 3.71. The van der Waals surface area contributed by atoms with Gasteiger partial charge in [0, 0.05) is 21.9 Å². The Labute approximate surface area is 87.9 Å². The maximum absolute atomic E-state index is 5.30. The molecule has 2 heteroatoms. The average molecular weight is 208 g/mol. The zero-order valence-corrected chi connectivity index (χ0v) is 8.21. The number of halogens is 2. The molecule has 0 aliphatic rings. The molecular formula is C11H5Cl2. The molecule has 0 aromatic heterocycles. The first kappa shape index (κ1) is 10.0. The van der Waals surface area contributed by atoms with Crippen molar-refractivity contribution in [2.45, 2.75) is 0 Å². The van der Waals surface area contributed by atoms with E-state index in [2.05, 4.69) is 29.5 Å². The van der Waals surface area contributed by atoms with Gasteiger partial charge >= 0.3 is 0 Å². The summed E-state index contributed by atoms with van der Waals surface area (Å²) in [5.41, 5.74) is 2.38. The molecule has 0 bridgehead atoms. The van der Waals surface area contributed by atoms with Gasteiger partial charge in [0.2, 0.25) is 0 Å². The molecule has 0 saturated heterocycles. The molecule has 1 aromatic rings. The molecule has 0 aliphatic heterocycles. The molecule has 0 heterocycles. The van der Waals surface area contributed by atoms with Crippen LogP contribution in [0.3, 0.4) is 0 Å². The van der Waals surface area contributed by atoms with Crippen molar-refractivity contribution in [3.63, 3.8) is 0 Å². The third kappa shape index (κ3) is 2.71. The largest absolute Gasteiger partial charge is 0.0577 e. The number of hydrogen-bond acceptors (Lipinski definition) is 0. The van der Waals surface area contributed by atoms with Crippen LogP contribution in [0.25, 0.3) is 0 Å². The number of benzene rings is 1. The van der Waals surface area contributed by atoms with Crippen LogP contribution in [0.2, 0.25) is 0 Å². The Morgan fingerprint density at radius 1 is 1.00 bits per heavy atom. The van der Waals surface area contributed by atoms with E-state index in [1.54, 1.807) is 0 Å². The minimum atomic E-state index is 0.746. The van der Waals surface area contributed by atoms with Crippen LogP contribution in [0.15, 0.2) is 18.2 Å². The molecule has 1 radical (unpaired) electrons. The van der Waals surface area contributed by atoms with Gasteiger partial charge in [-0.25, -0.2) is 0 Å². The van der Waals surface area contributed by atoms with E-state index in [9.17, 15) is 0 Å². The van der Waals surface area contributed by atoms with Crippen LogP contribution in [0.1, 0.15) is 16.7 Å². The molecule has 0 amide bonds. The lowest BCUT2D eigenvalue weighted by molar-refractivity contribution is 1.53. The summed E-state index contributed by atoms with van der Waals surface area (Å²) in [5, 5.41) is 4.59. The van der Waals surface area contributed by atoms with Crippen molar-refractivity contribution in [3.05, 3.63) is 41.8 Å². The zero-order valence-electron chi connectivity index (χ0n) is 6.70. The molecular weight excluding hydrogens is 203 g/mol. The summed E-state index contributed by atoms with van der Waals surface area (Å²) in [6.45, 7) is 3.77. The van der Waals surface area contributed by atoms with E-state index in [0.717, 1.165) is 16.7 Å². The fourth-order valence-corrected chi connectivity index (χ4v) is 1.11. The van der Waals surface area contributed by atoms with Gasteiger partial charge in [-0.15, -0.1) is 0 Å². The first-order chi connectivity index (χ1) is 6.27. The van der Waals surface area contributed by atoms with Crippen LogP contribution >= 0.6 is 23.2 Å². The van der Waals surface area contributed by atoms with Gasteiger partial charge in [0.25, 0.3) is 0 Å².